The number of amides is 1. The highest BCUT2D eigenvalue weighted by Crippen LogP contribution is 2.43. The lowest BCUT2D eigenvalue weighted by molar-refractivity contribution is -0.152. The first kappa shape index (κ1) is 20.6. The van der Waals surface area contributed by atoms with Gasteiger partial charge in [0.15, 0.2) is 5.54 Å². The van der Waals surface area contributed by atoms with E-state index in [0.29, 0.717) is 23.3 Å². The van der Waals surface area contributed by atoms with Crippen LogP contribution in [0, 0.1) is 5.82 Å². The van der Waals surface area contributed by atoms with E-state index in [9.17, 15) is 24.2 Å². The normalized spacial score (nSPS) is 21.2. The van der Waals surface area contributed by atoms with Crippen LogP contribution in [0.4, 0.5) is 9.18 Å². The van der Waals surface area contributed by atoms with Gasteiger partial charge in [-0.25, -0.2) is 14.0 Å². The van der Waals surface area contributed by atoms with Crippen molar-refractivity contribution in [2.75, 3.05) is 13.7 Å². The number of carboxylic acids is 1. The molecule has 0 saturated carbocycles. The van der Waals surface area contributed by atoms with Crippen molar-refractivity contribution in [3.63, 3.8) is 0 Å². The van der Waals surface area contributed by atoms with Crippen molar-refractivity contribution in [3.8, 4) is 5.75 Å². The van der Waals surface area contributed by atoms with E-state index in [2.05, 4.69) is 0 Å². The number of aliphatic carboxylic acids is 1. The van der Waals surface area contributed by atoms with Gasteiger partial charge in [-0.15, -0.1) is 0 Å². The molecule has 1 heterocycles. The molecule has 2 N–H and O–H groups in total. The molecule has 0 aliphatic carbocycles. The number of carboxylic acid groups (broad SMARTS) is 2. The van der Waals surface area contributed by atoms with Crippen LogP contribution in [-0.2, 0) is 16.1 Å². The maximum absolute atomic E-state index is 13.7. The average Bonchev–Trinajstić information content (AvgIpc) is 3.09. The van der Waals surface area contributed by atoms with Gasteiger partial charge in [-0.3, -0.25) is 4.90 Å². The molecule has 8 heteroatoms. The van der Waals surface area contributed by atoms with E-state index in [1.165, 1.54) is 13.2 Å². The second-order valence-electron chi connectivity index (χ2n) is 6.93. The summed E-state index contributed by atoms with van der Waals surface area (Å²) in [5.74, 6) is -1.08. The molecule has 29 heavy (non-hydrogen) atoms. The quantitative estimate of drug-likeness (QED) is 0.732. The lowest BCUT2D eigenvalue weighted by Crippen LogP contribution is -2.56. The summed E-state index contributed by atoms with van der Waals surface area (Å²) in [6, 6.07) is 12.4. The van der Waals surface area contributed by atoms with Crippen LogP contribution in [0.25, 0.3) is 0 Å². The summed E-state index contributed by atoms with van der Waals surface area (Å²) in [6.45, 7) is -0.165. The Bertz CT molecular complexity index is 887. The van der Waals surface area contributed by atoms with Crippen LogP contribution in [-0.4, -0.2) is 46.4 Å². The molecular weight excluding hydrogens is 381 g/mol. The Hall–Kier alpha value is -3.13. The van der Waals surface area contributed by atoms with Gasteiger partial charge >= 0.3 is 12.1 Å². The number of halogens is 1. The van der Waals surface area contributed by atoms with E-state index >= 15 is 0 Å². The van der Waals surface area contributed by atoms with Crippen LogP contribution in [0.1, 0.15) is 30.0 Å². The van der Waals surface area contributed by atoms with Gasteiger partial charge in [-0.2, -0.15) is 0 Å². The van der Waals surface area contributed by atoms with E-state index in [1.54, 1.807) is 42.5 Å². The van der Waals surface area contributed by atoms with Gasteiger partial charge in [-0.1, -0.05) is 30.3 Å². The third-order valence-electron chi connectivity index (χ3n) is 5.21. The van der Waals surface area contributed by atoms with Crippen molar-refractivity contribution < 1.29 is 33.7 Å². The Balaban J connectivity index is 1.77. The number of methoxy groups -OCH3 is 1. The highest BCUT2D eigenvalue weighted by molar-refractivity contribution is 5.85. The molecule has 7 nitrogen and oxygen atoms in total. The molecule has 0 radical (unpaired) electrons. The third-order valence-corrected chi connectivity index (χ3v) is 5.21. The number of ether oxygens (including phenoxy) is 2. The molecule has 2 aromatic carbocycles. The summed E-state index contributed by atoms with van der Waals surface area (Å²) in [7, 11) is 1.35. The number of likely N-dealkylation sites (tertiary alicyclic amines) is 1. The fraction of sp³-hybridized carbons (Fsp3) is 0.333. The zero-order chi connectivity index (χ0) is 21.0. The van der Waals surface area contributed by atoms with Gasteiger partial charge in [0, 0.05) is 12.7 Å². The predicted octanol–water partition coefficient (Wildman–Crippen LogP) is 3.69. The maximum Gasteiger partial charge on any atom is 0.408 e. The van der Waals surface area contributed by atoms with E-state index in [-0.39, 0.29) is 25.5 Å². The molecule has 0 aromatic heterocycles. The Morgan fingerprint density at radius 2 is 1.86 bits per heavy atom. The fourth-order valence-electron chi connectivity index (χ4n) is 3.77. The first-order valence-corrected chi connectivity index (χ1v) is 9.10. The minimum absolute atomic E-state index is 0.0622. The van der Waals surface area contributed by atoms with Crippen LogP contribution in [0.2, 0.25) is 0 Å². The van der Waals surface area contributed by atoms with Gasteiger partial charge < -0.3 is 19.7 Å². The van der Waals surface area contributed by atoms with Crippen molar-refractivity contribution in [1.82, 2.24) is 4.90 Å². The molecule has 0 unspecified atom stereocenters. The number of hydrogen-bond donors (Lipinski definition) is 2. The number of rotatable bonds is 7. The number of nitrogens with zero attached hydrogens (tertiary/aromatic N) is 1. The Morgan fingerprint density at radius 1 is 1.17 bits per heavy atom. The van der Waals surface area contributed by atoms with Gasteiger partial charge in [0.25, 0.3) is 0 Å². The molecule has 1 aliphatic rings. The molecule has 2 atom stereocenters. The summed E-state index contributed by atoms with van der Waals surface area (Å²) in [5, 5.41) is 19.4. The summed E-state index contributed by atoms with van der Waals surface area (Å²) >= 11 is 0. The smallest absolute Gasteiger partial charge is 0.408 e. The third kappa shape index (κ3) is 4.02. The highest BCUT2D eigenvalue weighted by atomic mass is 19.1. The molecule has 1 saturated heterocycles. The van der Waals surface area contributed by atoms with Crippen molar-refractivity contribution >= 4 is 12.1 Å². The van der Waals surface area contributed by atoms with E-state index in [1.807, 2.05) is 0 Å². The highest BCUT2D eigenvalue weighted by Gasteiger charge is 2.55. The van der Waals surface area contributed by atoms with Crippen LogP contribution in [0.15, 0.2) is 48.5 Å². The van der Waals surface area contributed by atoms with Gasteiger partial charge in [0.05, 0.1) is 12.6 Å². The lowest BCUT2D eigenvalue weighted by Gasteiger charge is -2.35. The molecule has 1 fully saturated rings. The zero-order valence-electron chi connectivity index (χ0n) is 15.9. The Labute approximate surface area is 167 Å². The fourth-order valence-corrected chi connectivity index (χ4v) is 3.77. The van der Waals surface area contributed by atoms with Crippen LogP contribution < -0.4 is 4.74 Å². The first-order chi connectivity index (χ1) is 13.9. The standard InChI is InChI=1S/C21H22FNO6/c1-28-13-21(19(24)25)11-10-18(23(21)20(26)27)14-6-8-16(9-7-14)29-12-15-4-2-3-5-17(15)22/h2-9,18H,10-13H2,1H3,(H,24,25)(H,26,27)/t18-,21-/m1/s1. The van der Waals surface area contributed by atoms with Crippen molar-refractivity contribution in [1.29, 1.82) is 0 Å². The summed E-state index contributed by atoms with van der Waals surface area (Å²) in [4.78, 5) is 24.7. The Kier molecular flexibility index (Phi) is 6.03. The monoisotopic (exact) mass is 403 g/mol. The minimum atomic E-state index is -1.62. The summed E-state index contributed by atoms with van der Waals surface area (Å²) < 4.78 is 24.3. The summed E-state index contributed by atoms with van der Waals surface area (Å²) in [5.41, 5.74) is -0.536. The number of hydrogen-bond acceptors (Lipinski definition) is 4. The first-order valence-electron chi connectivity index (χ1n) is 9.10. The van der Waals surface area contributed by atoms with Crippen LogP contribution in [0.5, 0.6) is 5.75 Å². The van der Waals surface area contributed by atoms with Gasteiger partial charge in [0.2, 0.25) is 0 Å². The maximum atomic E-state index is 13.7. The molecule has 1 aliphatic heterocycles. The number of benzene rings is 2. The predicted molar refractivity (Wildman–Crippen MR) is 101 cm³/mol. The van der Waals surface area contributed by atoms with Gasteiger partial charge in [-0.05, 0) is 36.6 Å². The molecule has 3 rings (SSSR count). The van der Waals surface area contributed by atoms with Crippen LogP contribution in [0.3, 0.4) is 0 Å². The molecule has 154 valence electrons. The zero-order valence-corrected chi connectivity index (χ0v) is 15.9. The van der Waals surface area contributed by atoms with E-state index in [4.69, 9.17) is 9.47 Å². The molecule has 1 amide bonds. The van der Waals surface area contributed by atoms with Crippen LogP contribution >= 0.6 is 0 Å². The average molecular weight is 403 g/mol. The van der Waals surface area contributed by atoms with E-state index in [0.717, 1.165) is 4.90 Å². The Morgan fingerprint density at radius 3 is 2.45 bits per heavy atom. The SMILES string of the molecule is COC[C@@]1(C(=O)O)CC[C@H](c2ccc(OCc3ccccc3F)cc2)N1C(=O)O. The molecule has 2 aromatic rings. The summed E-state index contributed by atoms with van der Waals surface area (Å²) in [6.07, 6.45) is -0.803. The largest absolute Gasteiger partial charge is 0.489 e. The molecule has 0 spiro atoms. The number of carbonyl (C=O) groups is 2. The van der Waals surface area contributed by atoms with Crippen molar-refractivity contribution in [3.05, 3.63) is 65.5 Å². The molecular formula is C21H22FNO6. The van der Waals surface area contributed by atoms with E-state index < -0.39 is 23.6 Å². The van der Waals surface area contributed by atoms with Gasteiger partial charge in [0.1, 0.15) is 18.2 Å². The van der Waals surface area contributed by atoms with Crippen molar-refractivity contribution in [2.45, 2.75) is 31.0 Å². The van der Waals surface area contributed by atoms with Crippen molar-refractivity contribution in [2.24, 2.45) is 0 Å². The second kappa shape index (κ2) is 8.48. The second-order valence-corrected chi connectivity index (χ2v) is 6.93. The topological polar surface area (TPSA) is 96.3 Å². The minimum Gasteiger partial charge on any atom is -0.489 e. The lowest BCUT2D eigenvalue weighted by atomic mass is 9.98. The molecule has 0 bridgehead atoms.